The predicted octanol–water partition coefficient (Wildman–Crippen LogP) is 1.43. The number of hydrogen-bond donors (Lipinski definition) is 1. The van der Waals surface area contributed by atoms with Gasteiger partial charge in [-0.15, -0.1) is 0 Å². The lowest BCUT2D eigenvalue weighted by molar-refractivity contribution is -0.153. The number of esters is 2. The van der Waals surface area contributed by atoms with Gasteiger partial charge in [-0.05, 0) is 20.8 Å². The molecular weight excluding hydrogens is 348 g/mol. The number of carbonyl (C=O) groups is 2. The third kappa shape index (κ3) is 12.0. The quantitative estimate of drug-likeness (QED) is 0.276. The van der Waals surface area contributed by atoms with E-state index in [1.54, 1.807) is 18.9 Å². The fourth-order valence-electron chi connectivity index (χ4n) is 1.48. The second-order valence-corrected chi connectivity index (χ2v) is 7.28. The number of aliphatic hydroxyl groups is 1. The molecule has 0 aliphatic heterocycles. The normalized spacial score (nSPS) is 12.5. The predicted molar refractivity (Wildman–Crippen MR) is 96.5 cm³/mol. The summed E-state index contributed by atoms with van der Waals surface area (Å²) in [6.45, 7) is 9.65. The van der Waals surface area contributed by atoms with Gasteiger partial charge >= 0.3 is 11.9 Å². The topological polar surface area (TPSA) is 91.3 Å². The Bertz CT molecular complexity index is 423. The van der Waals surface area contributed by atoms with Crippen LogP contribution in [0.15, 0.2) is 12.2 Å². The number of rotatable bonds is 14. The van der Waals surface area contributed by atoms with Crippen LogP contribution in [0.5, 0.6) is 0 Å². The van der Waals surface area contributed by atoms with Gasteiger partial charge in [-0.1, -0.05) is 6.58 Å². The molecule has 0 aliphatic rings. The maximum atomic E-state index is 11.9. The molecule has 0 fully saturated rings. The van der Waals surface area contributed by atoms with Crippen LogP contribution in [-0.4, -0.2) is 74.8 Å². The molecule has 0 saturated carbocycles. The summed E-state index contributed by atoms with van der Waals surface area (Å²) in [6.07, 6.45) is -0.875. The van der Waals surface area contributed by atoms with Gasteiger partial charge in [-0.3, -0.25) is 4.79 Å². The third-order valence-electron chi connectivity index (χ3n) is 2.97. The molecule has 0 aliphatic carbocycles. The largest absolute Gasteiger partial charge is 0.463 e. The molecule has 0 amide bonds. The van der Waals surface area contributed by atoms with E-state index in [4.69, 9.17) is 18.9 Å². The number of methoxy groups -OCH3 is 1. The van der Waals surface area contributed by atoms with Crippen molar-refractivity contribution in [3.63, 3.8) is 0 Å². The first-order valence-corrected chi connectivity index (χ1v) is 9.18. The zero-order valence-corrected chi connectivity index (χ0v) is 16.4. The number of hydrogen-bond acceptors (Lipinski definition) is 8. The van der Waals surface area contributed by atoms with E-state index in [1.807, 2.05) is 13.8 Å². The molecule has 0 saturated heterocycles. The van der Waals surface area contributed by atoms with Gasteiger partial charge in [0.2, 0.25) is 0 Å². The van der Waals surface area contributed by atoms with E-state index in [2.05, 4.69) is 6.58 Å². The van der Waals surface area contributed by atoms with Crippen molar-refractivity contribution in [2.75, 3.05) is 51.6 Å². The molecule has 0 bridgehead atoms. The number of aliphatic hydroxyl groups excluding tert-OH is 1. The van der Waals surface area contributed by atoms with Gasteiger partial charge in [0, 0.05) is 24.2 Å². The van der Waals surface area contributed by atoms with Crippen molar-refractivity contribution in [3.8, 4) is 0 Å². The average Bonchev–Trinajstić information content (AvgIpc) is 2.55. The fraction of sp³-hybridized carbons (Fsp3) is 0.765. The standard InChI is InChI=1S/C17H30O7S/c1-13(2)15(19)24-11-14(18)10-22-8-9-25-12-17(3,4)16(20)23-7-6-21-5/h14,18H,1,6-12H2,2-5H3. The monoisotopic (exact) mass is 378 g/mol. The van der Waals surface area contributed by atoms with Gasteiger partial charge < -0.3 is 24.1 Å². The minimum absolute atomic E-state index is 0.0759. The van der Waals surface area contributed by atoms with Gasteiger partial charge in [0.1, 0.15) is 19.3 Å². The highest BCUT2D eigenvalue weighted by atomic mass is 32.2. The Labute approximate surface area is 154 Å². The lowest BCUT2D eigenvalue weighted by Gasteiger charge is -2.22. The molecule has 0 radical (unpaired) electrons. The highest BCUT2D eigenvalue weighted by molar-refractivity contribution is 7.99. The van der Waals surface area contributed by atoms with Gasteiger partial charge in [0.05, 0.1) is 25.2 Å². The summed E-state index contributed by atoms with van der Waals surface area (Å²) in [7, 11) is 1.55. The highest BCUT2D eigenvalue weighted by Crippen LogP contribution is 2.23. The highest BCUT2D eigenvalue weighted by Gasteiger charge is 2.29. The van der Waals surface area contributed by atoms with Crippen LogP contribution in [0.25, 0.3) is 0 Å². The Morgan fingerprint density at radius 3 is 2.44 bits per heavy atom. The molecule has 0 spiro atoms. The Balaban J connectivity index is 3.75. The summed E-state index contributed by atoms with van der Waals surface area (Å²) in [5, 5.41) is 9.63. The van der Waals surface area contributed by atoms with E-state index < -0.39 is 17.5 Å². The van der Waals surface area contributed by atoms with Gasteiger partial charge in [-0.25, -0.2) is 4.79 Å². The van der Waals surface area contributed by atoms with E-state index in [0.717, 1.165) is 0 Å². The fourth-order valence-corrected chi connectivity index (χ4v) is 2.49. The molecule has 0 rings (SSSR count). The first-order valence-electron chi connectivity index (χ1n) is 8.03. The first kappa shape index (κ1) is 23.9. The molecule has 0 aromatic rings. The molecule has 0 aromatic carbocycles. The van der Waals surface area contributed by atoms with Gasteiger partial charge in [0.25, 0.3) is 0 Å². The average molecular weight is 378 g/mol. The zero-order valence-electron chi connectivity index (χ0n) is 15.5. The number of carbonyl (C=O) groups excluding carboxylic acids is 2. The van der Waals surface area contributed by atoms with Crippen molar-refractivity contribution in [2.24, 2.45) is 5.41 Å². The van der Waals surface area contributed by atoms with Gasteiger partial charge in [0.15, 0.2) is 0 Å². The Morgan fingerprint density at radius 2 is 1.84 bits per heavy atom. The molecule has 1 atom stereocenters. The zero-order chi connectivity index (χ0) is 19.3. The summed E-state index contributed by atoms with van der Waals surface area (Å²) in [6, 6.07) is 0. The second kappa shape index (κ2) is 13.2. The minimum Gasteiger partial charge on any atom is -0.463 e. The molecular formula is C17H30O7S. The minimum atomic E-state index is -0.875. The molecule has 7 nitrogen and oxygen atoms in total. The SMILES string of the molecule is C=C(C)C(=O)OCC(O)COCCSCC(C)(C)C(=O)OCCOC. The Morgan fingerprint density at radius 1 is 1.16 bits per heavy atom. The maximum Gasteiger partial charge on any atom is 0.333 e. The van der Waals surface area contributed by atoms with Crippen molar-refractivity contribution in [1.29, 1.82) is 0 Å². The maximum absolute atomic E-state index is 11.9. The van der Waals surface area contributed by atoms with Crippen LogP contribution in [0.2, 0.25) is 0 Å². The van der Waals surface area contributed by atoms with E-state index >= 15 is 0 Å². The summed E-state index contributed by atoms with van der Waals surface area (Å²) in [4.78, 5) is 23.1. The van der Waals surface area contributed by atoms with Crippen molar-refractivity contribution >= 4 is 23.7 Å². The molecule has 1 N–H and O–H groups in total. The molecule has 0 heterocycles. The van der Waals surface area contributed by atoms with E-state index in [1.165, 1.54) is 6.92 Å². The summed E-state index contributed by atoms with van der Waals surface area (Å²) < 4.78 is 20.1. The van der Waals surface area contributed by atoms with Crippen LogP contribution in [0.4, 0.5) is 0 Å². The van der Waals surface area contributed by atoms with Crippen LogP contribution in [0.3, 0.4) is 0 Å². The summed E-state index contributed by atoms with van der Waals surface area (Å²) in [5.74, 6) is 0.482. The number of thioether (sulfide) groups is 1. The van der Waals surface area contributed by atoms with E-state index in [0.29, 0.717) is 24.7 Å². The van der Waals surface area contributed by atoms with Crippen molar-refractivity contribution in [1.82, 2.24) is 0 Å². The Hall–Kier alpha value is -1.09. The van der Waals surface area contributed by atoms with E-state index in [-0.39, 0.29) is 31.4 Å². The number of ether oxygens (including phenoxy) is 4. The van der Waals surface area contributed by atoms with Crippen molar-refractivity contribution in [2.45, 2.75) is 26.9 Å². The van der Waals surface area contributed by atoms with Crippen molar-refractivity contribution in [3.05, 3.63) is 12.2 Å². The third-order valence-corrected chi connectivity index (χ3v) is 4.35. The second-order valence-electron chi connectivity index (χ2n) is 6.17. The van der Waals surface area contributed by atoms with E-state index in [9.17, 15) is 14.7 Å². The first-order chi connectivity index (χ1) is 11.7. The molecule has 8 heteroatoms. The van der Waals surface area contributed by atoms with Crippen LogP contribution in [-0.2, 0) is 28.5 Å². The molecule has 25 heavy (non-hydrogen) atoms. The van der Waals surface area contributed by atoms with Crippen molar-refractivity contribution < 1.29 is 33.6 Å². The smallest absolute Gasteiger partial charge is 0.333 e. The van der Waals surface area contributed by atoms with Crippen LogP contribution in [0, 0.1) is 5.41 Å². The van der Waals surface area contributed by atoms with Crippen LogP contribution in [0.1, 0.15) is 20.8 Å². The lowest BCUT2D eigenvalue weighted by Crippen LogP contribution is -2.30. The molecule has 0 aromatic heterocycles. The lowest BCUT2D eigenvalue weighted by atomic mass is 9.97. The summed E-state index contributed by atoms with van der Waals surface area (Å²) >= 11 is 1.57. The van der Waals surface area contributed by atoms with Gasteiger partial charge in [-0.2, -0.15) is 11.8 Å². The van der Waals surface area contributed by atoms with Crippen LogP contribution >= 0.6 is 11.8 Å². The summed E-state index contributed by atoms with van der Waals surface area (Å²) in [5.41, 5.74) is -0.304. The molecule has 146 valence electrons. The Kier molecular flexibility index (Phi) is 12.6. The van der Waals surface area contributed by atoms with Crippen LogP contribution < -0.4 is 0 Å². The molecule has 1 unspecified atom stereocenters.